The van der Waals surface area contributed by atoms with E-state index in [2.05, 4.69) is 21.2 Å². The van der Waals surface area contributed by atoms with Gasteiger partial charge in [-0.15, -0.1) is 0 Å². The molecule has 6 heteroatoms. The molecule has 2 unspecified atom stereocenters. The van der Waals surface area contributed by atoms with Crippen LogP contribution >= 0.6 is 15.9 Å². The van der Waals surface area contributed by atoms with Gasteiger partial charge in [0.1, 0.15) is 12.6 Å². The number of nitrogens with two attached hydrogens (primary N) is 1. The zero-order valence-electron chi connectivity index (χ0n) is 11.5. The number of anilines is 1. The minimum Gasteiger partial charge on any atom is -0.352 e. The Balaban J connectivity index is 2.19. The molecule has 0 saturated carbocycles. The highest BCUT2D eigenvalue weighted by Crippen LogP contribution is 2.36. The van der Waals surface area contributed by atoms with Crippen LogP contribution in [0.3, 0.4) is 0 Å². The monoisotopic (exact) mass is 339 g/mol. The van der Waals surface area contributed by atoms with Gasteiger partial charge in [-0.2, -0.15) is 0 Å². The van der Waals surface area contributed by atoms with Gasteiger partial charge in [0.05, 0.1) is 5.69 Å². The van der Waals surface area contributed by atoms with Crippen molar-refractivity contribution in [3.63, 3.8) is 0 Å². The van der Waals surface area contributed by atoms with Gasteiger partial charge in [-0.3, -0.25) is 9.59 Å². The smallest absolute Gasteiger partial charge is 0.249 e. The predicted molar refractivity (Wildman–Crippen MR) is 81.3 cm³/mol. The van der Waals surface area contributed by atoms with Crippen LogP contribution in [0, 0.1) is 0 Å². The van der Waals surface area contributed by atoms with Crippen LogP contribution in [0.4, 0.5) is 5.69 Å². The molecule has 0 fully saturated rings. The maximum absolute atomic E-state index is 12.2. The van der Waals surface area contributed by atoms with Gasteiger partial charge in [0.15, 0.2) is 0 Å². The summed E-state index contributed by atoms with van der Waals surface area (Å²) >= 11 is 3.37. The van der Waals surface area contributed by atoms with E-state index in [1.807, 2.05) is 32.0 Å². The average Bonchev–Trinajstić information content (AvgIpc) is 2.63. The molecule has 0 radical (unpaired) electrons. The van der Waals surface area contributed by atoms with Crippen molar-refractivity contribution < 1.29 is 9.59 Å². The van der Waals surface area contributed by atoms with E-state index in [1.54, 1.807) is 0 Å². The number of nitrogens with zero attached hydrogens (tertiary/aromatic N) is 1. The van der Waals surface area contributed by atoms with E-state index in [1.165, 1.54) is 4.90 Å². The highest BCUT2D eigenvalue weighted by atomic mass is 79.9. The van der Waals surface area contributed by atoms with Crippen molar-refractivity contribution in [3.05, 3.63) is 28.2 Å². The molecule has 0 aromatic heterocycles. The summed E-state index contributed by atoms with van der Waals surface area (Å²) in [6, 6.07) is 4.88. The van der Waals surface area contributed by atoms with E-state index in [9.17, 15) is 9.59 Å². The Morgan fingerprint density at radius 2 is 2.25 bits per heavy atom. The van der Waals surface area contributed by atoms with Crippen molar-refractivity contribution in [2.75, 3.05) is 11.4 Å². The first-order chi connectivity index (χ1) is 9.43. The van der Waals surface area contributed by atoms with E-state index >= 15 is 0 Å². The summed E-state index contributed by atoms with van der Waals surface area (Å²) in [4.78, 5) is 25.6. The summed E-state index contributed by atoms with van der Waals surface area (Å²) < 4.78 is 0.852. The highest BCUT2D eigenvalue weighted by Gasteiger charge is 2.35. The quantitative estimate of drug-likeness (QED) is 0.876. The fourth-order valence-corrected chi connectivity index (χ4v) is 2.51. The standard InChI is InChI=1S/C14H18BrN3O2/c1-3-8(2)17-12(19)7-18-11-6-9(15)4-5-10(11)13(16)14(18)20/h4-6,8,13H,3,7,16H2,1-2H3,(H,17,19). The predicted octanol–water partition coefficient (Wildman–Crippen LogP) is 1.71. The molecule has 2 atom stereocenters. The molecule has 0 spiro atoms. The molecule has 0 saturated heterocycles. The number of rotatable bonds is 4. The van der Waals surface area contributed by atoms with Gasteiger partial charge in [0.25, 0.3) is 0 Å². The molecule has 5 nitrogen and oxygen atoms in total. The second-order valence-corrected chi connectivity index (χ2v) is 5.90. The SMILES string of the molecule is CCC(C)NC(=O)CN1C(=O)C(N)c2ccc(Br)cc21. The molecule has 1 heterocycles. The van der Waals surface area contributed by atoms with Gasteiger partial charge in [0.2, 0.25) is 11.8 Å². The van der Waals surface area contributed by atoms with Crippen molar-refractivity contribution >= 4 is 33.4 Å². The molecular weight excluding hydrogens is 322 g/mol. The van der Waals surface area contributed by atoms with Crippen molar-refractivity contribution in [2.45, 2.75) is 32.4 Å². The van der Waals surface area contributed by atoms with Gasteiger partial charge in [-0.25, -0.2) is 0 Å². The zero-order chi connectivity index (χ0) is 14.9. The Morgan fingerprint density at radius 1 is 1.55 bits per heavy atom. The second kappa shape index (κ2) is 5.93. The van der Waals surface area contributed by atoms with Crippen LogP contribution in [0.1, 0.15) is 31.9 Å². The summed E-state index contributed by atoms with van der Waals surface area (Å²) in [6.45, 7) is 3.93. The maximum Gasteiger partial charge on any atom is 0.249 e. The van der Waals surface area contributed by atoms with Crippen molar-refractivity contribution in [2.24, 2.45) is 5.73 Å². The molecular formula is C14H18BrN3O2. The first-order valence-electron chi connectivity index (χ1n) is 6.59. The fourth-order valence-electron chi connectivity index (χ4n) is 2.16. The Kier molecular flexibility index (Phi) is 4.45. The van der Waals surface area contributed by atoms with Crippen LogP contribution < -0.4 is 16.0 Å². The molecule has 1 aromatic carbocycles. The van der Waals surface area contributed by atoms with Crippen LogP contribution in [-0.4, -0.2) is 24.4 Å². The molecule has 1 aromatic rings. The first-order valence-corrected chi connectivity index (χ1v) is 7.39. The molecule has 0 bridgehead atoms. The van der Waals surface area contributed by atoms with E-state index in [0.717, 1.165) is 16.5 Å². The molecule has 2 amide bonds. The van der Waals surface area contributed by atoms with Crippen LogP contribution in [0.5, 0.6) is 0 Å². The average molecular weight is 340 g/mol. The third-order valence-corrected chi connectivity index (χ3v) is 3.97. The lowest BCUT2D eigenvalue weighted by Gasteiger charge is -2.19. The van der Waals surface area contributed by atoms with E-state index in [4.69, 9.17) is 5.73 Å². The van der Waals surface area contributed by atoms with Gasteiger partial charge >= 0.3 is 0 Å². The number of fused-ring (bicyclic) bond motifs is 1. The Labute approximate surface area is 126 Å². The summed E-state index contributed by atoms with van der Waals surface area (Å²) in [7, 11) is 0. The fraction of sp³-hybridized carbons (Fsp3) is 0.429. The van der Waals surface area contributed by atoms with Crippen LogP contribution in [0.25, 0.3) is 0 Å². The molecule has 3 N–H and O–H groups in total. The molecule has 108 valence electrons. The number of hydrogen-bond acceptors (Lipinski definition) is 3. The van der Waals surface area contributed by atoms with Crippen LogP contribution in [0.2, 0.25) is 0 Å². The van der Waals surface area contributed by atoms with Gasteiger partial charge in [-0.05, 0) is 25.5 Å². The minimum atomic E-state index is -0.686. The number of amides is 2. The maximum atomic E-state index is 12.2. The lowest BCUT2D eigenvalue weighted by atomic mass is 10.1. The second-order valence-electron chi connectivity index (χ2n) is 4.98. The van der Waals surface area contributed by atoms with E-state index in [-0.39, 0.29) is 24.4 Å². The van der Waals surface area contributed by atoms with Gasteiger partial charge < -0.3 is 16.0 Å². The summed E-state index contributed by atoms with van der Waals surface area (Å²) in [5, 5.41) is 2.85. The molecule has 1 aliphatic heterocycles. The van der Waals surface area contributed by atoms with Crippen molar-refractivity contribution in [1.29, 1.82) is 0 Å². The topological polar surface area (TPSA) is 75.4 Å². The third kappa shape index (κ3) is 2.86. The number of benzene rings is 1. The lowest BCUT2D eigenvalue weighted by Crippen LogP contribution is -2.43. The number of halogens is 1. The summed E-state index contributed by atoms with van der Waals surface area (Å²) in [5.41, 5.74) is 7.36. The number of hydrogen-bond donors (Lipinski definition) is 2. The van der Waals surface area contributed by atoms with E-state index in [0.29, 0.717) is 5.69 Å². The Morgan fingerprint density at radius 3 is 2.90 bits per heavy atom. The van der Waals surface area contributed by atoms with Crippen molar-refractivity contribution in [1.82, 2.24) is 5.32 Å². The lowest BCUT2D eigenvalue weighted by molar-refractivity contribution is -0.124. The minimum absolute atomic E-state index is 0.000324. The largest absolute Gasteiger partial charge is 0.352 e. The summed E-state index contributed by atoms with van der Waals surface area (Å²) in [5.74, 6) is -0.412. The highest BCUT2D eigenvalue weighted by molar-refractivity contribution is 9.10. The normalized spacial score (nSPS) is 18.9. The van der Waals surface area contributed by atoms with Crippen LogP contribution in [-0.2, 0) is 9.59 Å². The number of nitrogens with one attached hydrogen (secondary N) is 1. The van der Waals surface area contributed by atoms with Crippen LogP contribution in [0.15, 0.2) is 22.7 Å². The Hall–Kier alpha value is -1.40. The zero-order valence-corrected chi connectivity index (χ0v) is 13.1. The molecule has 1 aliphatic rings. The number of carbonyl (C=O) groups excluding carboxylic acids is 2. The first kappa shape index (κ1) is 15.0. The van der Waals surface area contributed by atoms with Gasteiger partial charge in [-0.1, -0.05) is 28.9 Å². The van der Waals surface area contributed by atoms with Gasteiger partial charge in [0, 0.05) is 16.1 Å². The Bertz CT molecular complexity index is 547. The molecule has 0 aliphatic carbocycles. The third-order valence-electron chi connectivity index (χ3n) is 3.47. The molecule has 2 rings (SSSR count). The number of carbonyl (C=O) groups is 2. The molecule has 20 heavy (non-hydrogen) atoms. The van der Waals surface area contributed by atoms with E-state index < -0.39 is 6.04 Å². The van der Waals surface area contributed by atoms with Crippen molar-refractivity contribution in [3.8, 4) is 0 Å². The summed E-state index contributed by atoms with van der Waals surface area (Å²) in [6.07, 6.45) is 0.849.